The fourth-order valence-electron chi connectivity index (χ4n) is 2.45. The van der Waals surface area contributed by atoms with Crippen LogP contribution in [0.2, 0.25) is 0 Å². The maximum atomic E-state index is 14.1. The van der Waals surface area contributed by atoms with Gasteiger partial charge in [0.05, 0.1) is 22.8 Å². The molecule has 0 unspecified atom stereocenters. The highest BCUT2D eigenvalue weighted by Crippen LogP contribution is 2.26. The zero-order valence-electron chi connectivity index (χ0n) is 13.2. The first-order valence-electron chi connectivity index (χ1n) is 7.36. The number of aryl methyl sites for hydroxylation is 1. The van der Waals surface area contributed by atoms with Gasteiger partial charge in [-0.15, -0.1) is 0 Å². The lowest BCUT2D eigenvalue weighted by Crippen LogP contribution is -2.30. The molecule has 23 heavy (non-hydrogen) atoms. The molecule has 0 aliphatic heterocycles. The van der Waals surface area contributed by atoms with Gasteiger partial charge in [-0.2, -0.15) is 5.10 Å². The molecule has 0 saturated carbocycles. The molecule has 5 nitrogen and oxygen atoms in total. The molecule has 0 fully saturated rings. The summed E-state index contributed by atoms with van der Waals surface area (Å²) in [5, 5.41) is 7.66. The minimum atomic E-state index is -0.378. The second kappa shape index (κ2) is 5.79. The van der Waals surface area contributed by atoms with Gasteiger partial charge in [-0.3, -0.25) is 9.48 Å². The third kappa shape index (κ3) is 2.79. The van der Waals surface area contributed by atoms with Crippen LogP contribution in [-0.4, -0.2) is 26.7 Å². The van der Waals surface area contributed by atoms with Crippen molar-refractivity contribution < 1.29 is 9.18 Å². The topological polar surface area (TPSA) is 59.8 Å². The van der Waals surface area contributed by atoms with E-state index in [9.17, 15) is 9.18 Å². The molecule has 0 aliphatic carbocycles. The number of carbonyl (C=O) groups is 1. The lowest BCUT2D eigenvalue weighted by molar-refractivity contribution is 0.0944. The third-order valence-electron chi connectivity index (χ3n) is 3.52. The van der Waals surface area contributed by atoms with Gasteiger partial charge in [-0.05, 0) is 32.0 Å². The Balaban J connectivity index is 2.23. The maximum absolute atomic E-state index is 14.1. The second-order valence-electron chi connectivity index (χ2n) is 5.67. The van der Waals surface area contributed by atoms with Crippen LogP contribution in [0.4, 0.5) is 4.39 Å². The van der Waals surface area contributed by atoms with Crippen LogP contribution < -0.4 is 5.32 Å². The molecule has 3 rings (SSSR count). The lowest BCUT2D eigenvalue weighted by atomic mass is 10.1. The number of pyridine rings is 1. The van der Waals surface area contributed by atoms with Gasteiger partial charge >= 0.3 is 0 Å². The van der Waals surface area contributed by atoms with Crippen LogP contribution in [0, 0.1) is 5.82 Å². The average Bonchev–Trinajstić information content (AvgIpc) is 2.88. The lowest BCUT2D eigenvalue weighted by Gasteiger charge is -2.11. The van der Waals surface area contributed by atoms with Crippen LogP contribution in [0.3, 0.4) is 0 Å². The molecule has 0 spiro atoms. The van der Waals surface area contributed by atoms with Crippen LogP contribution in [0.25, 0.3) is 22.3 Å². The average molecular weight is 312 g/mol. The summed E-state index contributed by atoms with van der Waals surface area (Å²) in [6.07, 6.45) is 1.60. The summed E-state index contributed by atoms with van der Waals surface area (Å²) in [4.78, 5) is 16.9. The fraction of sp³-hybridized carbons (Fsp3) is 0.235. The highest BCUT2D eigenvalue weighted by atomic mass is 19.1. The quantitative estimate of drug-likeness (QED) is 0.809. The van der Waals surface area contributed by atoms with Gasteiger partial charge in [0.25, 0.3) is 5.91 Å². The molecule has 0 radical (unpaired) electrons. The summed E-state index contributed by atoms with van der Waals surface area (Å²) in [6, 6.07) is 7.98. The SMILES string of the molecule is CC(C)NC(=O)c1cc(-c2ccccc2F)nc2c1cnn2C. The largest absolute Gasteiger partial charge is 0.350 e. The Labute approximate surface area is 133 Å². The van der Waals surface area contributed by atoms with Crippen LogP contribution in [0.1, 0.15) is 24.2 Å². The van der Waals surface area contributed by atoms with Gasteiger partial charge in [0.1, 0.15) is 5.82 Å². The predicted octanol–water partition coefficient (Wildman–Crippen LogP) is 2.91. The standard InChI is InChI=1S/C17H17FN4O/c1-10(2)20-17(23)12-8-15(11-6-4-5-7-14(11)18)21-16-13(12)9-19-22(16)3/h4-10H,1-3H3,(H,20,23). The number of benzene rings is 1. The number of amides is 1. The van der Waals surface area contributed by atoms with Crippen molar-refractivity contribution in [1.29, 1.82) is 0 Å². The Morgan fingerprint density at radius 2 is 2.04 bits per heavy atom. The van der Waals surface area contributed by atoms with Gasteiger partial charge in [0, 0.05) is 18.7 Å². The van der Waals surface area contributed by atoms with Crippen molar-refractivity contribution in [2.24, 2.45) is 7.05 Å². The minimum Gasteiger partial charge on any atom is -0.350 e. The summed E-state index contributed by atoms with van der Waals surface area (Å²) >= 11 is 0. The van der Waals surface area contributed by atoms with E-state index in [0.717, 1.165) is 0 Å². The first-order valence-corrected chi connectivity index (χ1v) is 7.36. The van der Waals surface area contributed by atoms with Gasteiger partial charge < -0.3 is 5.32 Å². The van der Waals surface area contributed by atoms with E-state index in [1.54, 1.807) is 42.2 Å². The van der Waals surface area contributed by atoms with Crippen molar-refractivity contribution in [3.8, 4) is 11.3 Å². The van der Waals surface area contributed by atoms with Crippen molar-refractivity contribution >= 4 is 16.9 Å². The Morgan fingerprint density at radius 1 is 1.30 bits per heavy atom. The highest BCUT2D eigenvalue weighted by Gasteiger charge is 2.18. The molecular weight excluding hydrogens is 295 g/mol. The van der Waals surface area contributed by atoms with E-state index < -0.39 is 0 Å². The molecule has 2 aromatic heterocycles. The zero-order chi connectivity index (χ0) is 16.6. The fourth-order valence-corrected chi connectivity index (χ4v) is 2.45. The predicted molar refractivity (Wildman–Crippen MR) is 86.5 cm³/mol. The first-order chi connectivity index (χ1) is 11.0. The van der Waals surface area contributed by atoms with Gasteiger partial charge in [0.15, 0.2) is 5.65 Å². The maximum Gasteiger partial charge on any atom is 0.252 e. The normalized spacial score (nSPS) is 11.2. The Kier molecular flexibility index (Phi) is 3.82. The number of aromatic nitrogens is 3. The molecule has 0 atom stereocenters. The molecule has 2 heterocycles. The number of nitrogens with zero attached hydrogens (tertiary/aromatic N) is 3. The van der Waals surface area contributed by atoms with E-state index in [2.05, 4.69) is 15.4 Å². The molecule has 1 amide bonds. The van der Waals surface area contributed by atoms with E-state index in [1.165, 1.54) is 6.07 Å². The molecule has 1 aromatic carbocycles. The van der Waals surface area contributed by atoms with E-state index in [1.807, 2.05) is 13.8 Å². The molecule has 118 valence electrons. The number of rotatable bonds is 3. The second-order valence-corrected chi connectivity index (χ2v) is 5.67. The molecule has 0 saturated heterocycles. The number of fused-ring (bicyclic) bond motifs is 1. The molecule has 1 N–H and O–H groups in total. The summed E-state index contributed by atoms with van der Waals surface area (Å²) in [5.41, 5.74) is 1.75. The van der Waals surface area contributed by atoms with E-state index in [4.69, 9.17) is 0 Å². The Hall–Kier alpha value is -2.76. The van der Waals surface area contributed by atoms with Crippen LogP contribution >= 0.6 is 0 Å². The van der Waals surface area contributed by atoms with E-state index in [0.29, 0.717) is 27.9 Å². The van der Waals surface area contributed by atoms with Gasteiger partial charge in [-0.25, -0.2) is 9.37 Å². The molecule has 3 aromatic rings. The number of hydrogen-bond donors (Lipinski definition) is 1. The van der Waals surface area contributed by atoms with Gasteiger partial charge in [-0.1, -0.05) is 12.1 Å². The van der Waals surface area contributed by atoms with Crippen LogP contribution in [0.15, 0.2) is 36.5 Å². The van der Waals surface area contributed by atoms with Crippen molar-refractivity contribution in [2.45, 2.75) is 19.9 Å². The Bertz CT molecular complexity index is 885. The van der Waals surface area contributed by atoms with Crippen molar-refractivity contribution in [1.82, 2.24) is 20.1 Å². The first kappa shape index (κ1) is 15.1. The molecule has 6 heteroatoms. The monoisotopic (exact) mass is 312 g/mol. The zero-order valence-corrected chi connectivity index (χ0v) is 13.2. The van der Waals surface area contributed by atoms with Crippen LogP contribution in [-0.2, 0) is 7.05 Å². The van der Waals surface area contributed by atoms with Crippen LogP contribution in [0.5, 0.6) is 0 Å². The number of carbonyl (C=O) groups excluding carboxylic acids is 1. The minimum absolute atomic E-state index is 0.000650. The summed E-state index contributed by atoms with van der Waals surface area (Å²) in [7, 11) is 1.74. The number of hydrogen-bond acceptors (Lipinski definition) is 3. The summed E-state index contributed by atoms with van der Waals surface area (Å²) in [6.45, 7) is 3.77. The molecule has 0 bridgehead atoms. The van der Waals surface area contributed by atoms with Crippen molar-refractivity contribution in [2.75, 3.05) is 0 Å². The number of nitrogens with one attached hydrogen (secondary N) is 1. The van der Waals surface area contributed by atoms with E-state index in [-0.39, 0.29) is 17.8 Å². The summed E-state index contributed by atoms with van der Waals surface area (Å²) in [5.74, 6) is -0.602. The van der Waals surface area contributed by atoms with Crippen molar-refractivity contribution in [3.05, 3.63) is 47.9 Å². The Morgan fingerprint density at radius 3 is 2.74 bits per heavy atom. The van der Waals surface area contributed by atoms with Gasteiger partial charge in [0.2, 0.25) is 0 Å². The van der Waals surface area contributed by atoms with E-state index >= 15 is 0 Å². The van der Waals surface area contributed by atoms with Crippen molar-refractivity contribution in [3.63, 3.8) is 0 Å². The third-order valence-corrected chi connectivity index (χ3v) is 3.52. The number of halogens is 1. The highest BCUT2D eigenvalue weighted by molar-refractivity contribution is 6.06. The summed E-state index contributed by atoms with van der Waals surface area (Å²) < 4.78 is 15.7. The molecule has 0 aliphatic rings. The molecular formula is C17H17FN4O. The smallest absolute Gasteiger partial charge is 0.252 e.